The lowest BCUT2D eigenvalue weighted by molar-refractivity contribution is 0.303. The van der Waals surface area contributed by atoms with Crippen molar-refractivity contribution in [1.29, 1.82) is 0 Å². The summed E-state index contributed by atoms with van der Waals surface area (Å²) in [6, 6.07) is 16.8. The average Bonchev–Trinajstić information content (AvgIpc) is 2.62. The van der Waals surface area contributed by atoms with Gasteiger partial charge in [0.25, 0.3) is 0 Å². The lowest BCUT2D eigenvalue weighted by Gasteiger charge is -2.11. The maximum Gasteiger partial charge on any atom is 0.0465 e. The van der Waals surface area contributed by atoms with Crippen molar-refractivity contribution in [2.75, 3.05) is 6.61 Å². The summed E-state index contributed by atoms with van der Waals surface area (Å²) in [5.74, 6) is 0. The standard InChI is InChI=1S/C18H16O/c19-13-5-10-18-16-8-3-1-6-14(16)11-12-15-7-2-4-9-17(15)18/h1-4,6-12,19H,5,13H2. The first kappa shape index (κ1) is 11.9. The van der Waals surface area contributed by atoms with E-state index in [1.54, 1.807) is 0 Å². The second kappa shape index (κ2) is 5.25. The Balaban J connectivity index is 2.24. The lowest BCUT2D eigenvalue weighted by atomic mass is 9.93. The van der Waals surface area contributed by atoms with Crippen LogP contribution in [-0.4, -0.2) is 11.7 Å². The monoisotopic (exact) mass is 248 g/mol. The van der Waals surface area contributed by atoms with Gasteiger partial charge < -0.3 is 5.11 Å². The highest BCUT2D eigenvalue weighted by Crippen LogP contribution is 2.33. The molecule has 0 spiro atoms. The van der Waals surface area contributed by atoms with Crippen LogP contribution in [0.4, 0.5) is 0 Å². The number of aliphatic hydroxyl groups excluding tert-OH is 1. The summed E-state index contributed by atoms with van der Waals surface area (Å²) in [5.41, 5.74) is 6.13. The van der Waals surface area contributed by atoms with Crippen molar-refractivity contribution in [2.45, 2.75) is 6.42 Å². The molecule has 0 aliphatic heterocycles. The van der Waals surface area contributed by atoms with Gasteiger partial charge >= 0.3 is 0 Å². The molecule has 0 radical (unpaired) electrons. The van der Waals surface area contributed by atoms with Crippen molar-refractivity contribution in [3.05, 3.63) is 76.9 Å². The third kappa shape index (κ3) is 2.25. The number of hydrogen-bond acceptors (Lipinski definition) is 1. The first-order valence-corrected chi connectivity index (χ1v) is 6.58. The van der Waals surface area contributed by atoms with Gasteiger partial charge in [-0.2, -0.15) is 0 Å². The van der Waals surface area contributed by atoms with E-state index in [1.165, 1.54) is 27.8 Å². The number of fused-ring (bicyclic) bond motifs is 2. The molecule has 0 amide bonds. The molecule has 0 atom stereocenters. The smallest absolute Gasteiger partial charge is 0.0465 e. The molecule has 1 nitrogen and oxygen atoms in total. The topological polar surface area (TPSA) is 20.2 Å². The zero-order chi connectivity index (χ0) is 13.1. The minimum Gasteiger partial charge on any atom is -0.396 e. The van der Waals surface area contributed by atoms with Crippen LogP contribution in [0.5, 0.6) is 0 Å². The van der Waals surface area contributed by atoms with E-state index >= 15 is 0 Å². The molecule has 94 valence electrons. The van der Waals surface area contributed by atoms with Crippen molar-refractivity contribution in [3.8, 4) is 0 Å². The normalized spacial score (nSPS) is 12.6. The van der Waals surface area contributed by atoms with Crippen LogP contribution in [0.1, 0.15) is 28.7 Å². The van der Waals surface area contributed by atoms with Crippen LogP contribution in [0, 0.1) is 0 Å². The van der Waals surface area contributed by atoms with E-state index in [0.29, 0.717) is 6.42 Å². The van der Waals surface area contributed by atoms with Crippen LogP contribution in [0.15, 0.2) is 54.6 Å². The number of aliphatic hydroxyl groups is 1. The Labute approximate surface area is 113 Å². The molecule has 0 bridgehead atoms. The predicted octanol–water partition coefficient (Wildman–Crippen LogP) is 3.98. The van der Waals surface area contributed by atoms with Gasteiger partial charge in [-0.05, 0) is 34.2 Å². The summed E-state index contributed by atoms with van der Waals surface area (Å²) in [5, 5.41) is 9.10. The second-order valence-electron chi connectivity index (χ2n) is 4.64. The number of hydrogen-bond donors (Lipinski definition) is 1. The van der Waals surface area contributed by atoms with Gasteiger partial charge in [0.2, 0.25) is 0 Å². The molecule has 1 N–H and O–H groups in total. The molecule has 1 aliphatic carbocycles. The Kier molecular flexibility index (Phi) is 3.30. The fourth-order valence-corrected chi connectivity index (χ4v) is 2.53. The molecule has 0 saturated heterocycles. The van der Waals surface area contributed by atoms with Crippen molar-refractivity contribution in [1.82, 2.24) is 0 Å². The van der Waals surface area contributed by atoms with E-state index in [4.69, 9.17) is 5.11 Å². The first-order valence-electron chi connectivity index (χ1n) is 6.58. The molecule has 2 aromatic rings. The molecule has 1 aliphatic rings. The Bertz CT molecular complexity index is 599. The lowest BCUT2D eigenvalue weighted by Crippen LogP contribution is -1.92. The maximum atomic E-state index is 9.10. The molecule has 0 saturated carbocycles. The second-order valence-corrected chi connectivity index (χ2v) is 4.64. The summed E-state index contributed by atoms with van der Waals surface area (Å²) >= 11 is 0. The summed E-state index contributed by atoms with van der Waals surface area (Å²) in [7, 11) is 0. The maximum absolute atomic E-state index is 9.10. The Hall–Kier alpha value is -2.12. The minimum atomic E-state index is 0.182. The summed E-state index contributed by atoms with van der Waals surface area (Å²) < 4.78 is 0. The van der Waals surface area contributed by atoms with E-state index in [1.807, 2.05) is 0 Å². The molecule has 0 fully saturated rings. The average molecular weight is 248 g/mol. The molecular weight excluding hydrogens is 232 g/mol. The Morgan fingerprint density at radius 2 is 1.32 bits per heavy atom. The van der Waals surface area contributed by atoms with Crippen molar-refractivity contribution >= 4 is 17.7 Å². The van der Waals surface area contributed by atoms with Gasteiger partial charge in [-0.25, -0.2) is 0 Å². The van der Waals surface area contributed by atoms with E-state index in [2.05, 4.69) is 66.8 Å². The van der Waals surface area contributed by atoms with E-state index in [0.717, 1.165) is 0 Å². The van der Waals surface area contributed by atoms with Crippen molar-refractivity contribution < 1.29 is 5.11 Å². The first-order chi connectivity index (χ1) is 9.40. The summed E-state index contributed by atoms with van der Waals surface area (Å²) in [6.45, 7) is 0.182. The highest BCUT2D eigenvalue weighted by atomic mass is 16.2. The third-order valence-electron chi connectivity index (χ3n) is 3.42. The van der Waals surface area contributed by atoms with Crippen LogP contribution in [0.25, 0.3) is 17.7 Å². The van der Waals surface area contributed by atoms with Gasteiger partial charge in [0, 0.05) is 6.61 Å². The van der Waals surface area contributed by atoms with E-state index in [9.17, 15) is 0 Å². The van der Waals surface area contributed by atoms with Gasteiger partial charge in [-0.1, -0.05) is 66.8 Å². The molecule has 0 aromatic heterocycles. The molecule has 0 unspecified atom stereocenters. The largest absolute Gasteiger partial charge is 0.396 e. The quantitative estimate of drug-likeness (QED) is 0.727. The van der Waals surface area contributed by atoms with Gasteiger partial charge in [0.1, 0.15) is 0 Å². The zero-order valence-corrected chi connectivity index (χ0v) is 10.7. The molecule has 2 aromatic carbocycles. The van der Waals surface area contributed by atoms with Gasteiger partial charge in [0.05, 0.1) is 0 Å². The van der Waals surface area contributed by atoms with Crippen molar-refractivity contribution in [3.63, 3.8) is 0 Å². The van der Waals surface area contributed by atoms with Crippen LogP contribution < -0.4 is 0 Å². The summed E-state index contributed by atoms with van der Waals surface area (Å²) in [4.78, 5) is 0. The molecule has 1 heteroatoms. The third-order valence-corrected chi connectivity index (χ3v) is 3.42. The number of rotatable bonds is 2. The Morgan fingerprint density at radius 3 is 1.84 bits per heavy atom. The fraction of sp³-hybridized carbons (Fsp3) is 0.111. The van der Waals surface area contributed by atoms with Gasteiger partial charge in [0.15, 0.2) is 0 Å². The summed E-state index contributed by atoms with van der Waals surface area (Å²) in [6.07, 6.45) is 7.13. The van der Waals surface area contributed by atoms with Gasteiger partial charge in [-0.15, -0.1) is 0 Å². The van der Waals surface area contributed by atoms with Crippen LogP contribution in [-0.2, 0) is 0 Å². The Morgan fingerprint density at radius 1 is 0.789 bits per heavy atom. The van der Waals surface area contributed by atoms with Crippen LogP contribution >= 0.6 is 0 Å². The van der Waals surface area contributed by atoms with Gasteiger partial charge in [-0.3, -0.25) is 0 Å². The predicted molar refractivity (Wildman–Crippen MR) is 80.6 cm³/mol. The molecular formula is C18H16O. The van der Waals surface area contributed by atoms with E-state index in [-0.39, 0.29) is 6.61 Å². The van der Waals surface area contributed by atoms with E-state index < -0.39 is 0 Å². The highest BCUT2D eigenvalue weighted by Gasteiger charge is 2.13. The van der Waals surface area contributed by atoms with Crippen molar-refractivity contribution in [2.24, 2.45) is 0 Å². The zero-order valence-electron chi connectivity index (χ0n) is 10.7. The molecule has 19 heavy (non-hydrogen) atoms. The number of benzene rings is 2. The van der Waals surface area contributed by atoms with Crippen LogP contribution in [0.2, 0.25) is 0 Å². The van der Waals surface area contributed by atoms with Crippen LogP contribution in [0.3, 0.4) is 0 Å². The highest BCUT2D eigenvalue weighted by molar-refractivity contribution is 5.93. The molecule has 0 heterocycles. The SMILES string of the molecule is OCCC=C1c2ccccc2C=Cc2ccccc21. The fourth-order valence-electron chi connectivity index (χ4n) is 2.53. The minimum absolute atomic E-state index is 0.182. The molecule has 3 rings (SSSR count).